The molecule has 0 saturated heterocycles. The Kier molecular flexibility index (Phi) is 4.17. The fourth-order valence-electron chi connectivity index (χ4n) is 3.55. The van der Waals surface area contributed by atoms with Crippen LogP contribution in [0.1, 0.15) is 38.5 Å². The van der Waals surface area contributed by atoms with E-state index >= 15 is 0 Å². The minimum absolute atomic E-state index is 0.210. The summed E-state index contributed by atoms with van der Waals surface area (Å²) in [6.07, 6.45) is 7.84. The fraction of sp³-hybridized carbons (Fsp3) is 0.714. The molecule has 100 valence electrons. The van der Waals surface area contributed by atoms with Gasteiger partial charge in [0.15, 0.2) is 0 Å². The van der Waals surface area contributed by atoms with E-state index in [0.717, 1.165) is 6.08 Å². The summed E-state index contributed by atoms with van der Waals surface area (Å²) in [4.78, 5) is 22.1. The van der Waals surface area contributed by atoms with Crippen LogP contribution in [0, 0.1) is 17.8 Å². The molecule has 0 aliphatic heterocycles. The van der Waals surface area contributed by atoms with Crippen molar-refractivity contribution in [3.63, 3.8) is 0 Å². The molecule has 18 heavy (non-hydrogen) atoms. The predicted molar refractivity (Wildman–Crippen MR) is 67.9 cm³/mol. The molecule has 0 aromatic rings. The Morgan fingerprint density at radius 1 is 1.28 bits per heavy atom. The normalized spacial score (nSPS) is 34.3. The third kappa shape index (κ3) is 2.99. The molecule has 2 saturated carbocycles. The number of aliphatic carboxylic acids is 1. The number of allylic oxidation sites excluding steroid dienone is 1. The molecule has 0 spiro atoms. The van der Waals surface area contributed by atoms with Crippen molar-refractivity contribution in [3.05, 3.63) is 12.2 Å². The molecule has 0 amide bonds. The van der Waals surface area contributed by atoms with Crippen LogP contribution in [0.5, 0.6) is 0 Å². The number of hydrogen-bond acceptors (Lipinski definition) is 3. The summed E-state index contributed by atoms with van der Waals surface area (Å²) in [6, 6.07) is 0.210. The summed E-state index contributed by atoms with van der Waals surface area (Å²) in [5.74, 6) is 0.929. The van der Waals surface area contributed by atoms with E-state index in [1.54, 1.807) is 6.08 Å². The number of hydrogen-bond donors (Lipinski definition) is 2. The van der Waals surface area contributed by atoms with Crippen molar-refractivity contribution in [2.24, 2.45) is 23.5 Å². The summed E-state index contributed by atoms with van der Waals surface area (Å²) < 4.78 is 0. The molecule has 0 heterocycles. The molecule has 2 aliphatic rings. The lowest BCUT2D eigenvalue weighted by molar-refractivity contribution is -0.131. The summed E-state index contributed by atoms with van der Waals surface area (Å²) in [6.45, 7) is 0. The fourth-order valence-corrected chi connectivity index (χ4v) is 3.55. The first-order chi connectivity index (χ1) is 8.58. The van der Waals surface area contributed by atoms with Crippen molar-refractivity contribution in [1.82, 2.24) is 0 Å². The maximum atomic E-state index is 11.8. The van der Waals surface area contributed by atoms with E-state index in [-0.39, 0.29) is 11.8 Å². The molecule has 3 N–H and O–H groups in total. The molecule has 0 radical (unpaired) electrons. The Morgan fingerprint density at radius 3 is 2.61 bits per heavy atom. The van der Waals surface area contributed by atoms with Gasteiger partial charge in [-0.05, 0) is 43.4 Å². The van der Waals surface area contributed by atoms with Gasteiger partial charge >= 0.3 is 5.97 Å². The standard InChI is InChI=1S/C14H21NO3/c15-14-10-6-5-9(7-10)12(14)8-11(16)3-1-2-4-13(17)18/h2,4,9-10,12,14H,1,3,5-8,15H2,(H,17,18). The van der Waals surface area contributed by atoms with Gasteiger partial charge in [-0.2, -0.15) is 0 Å². The topological polar surface area (TPSA) is 80.4 Å². The molecular formula is C14H21NO3. The van der Waals surface area contributed by atoms with Gasteiger partial charge in [-0.15, -0.1) is 0 Å². The van der Waals surface area contributed by atoms with E-state index in [1.165, 1.54) is 19.3 Å². The molecule has 4 nitrogen and oxygen atoms in total. The molecule has 2 bridgehead atoms. The minimum Gasteiger partial charge on any atom is -0.478 e. The van der Waals surface area contributed by atoms with Gasteiger partial charge in [0, 0.05) is 25.0 Å². The molecule has 2 fully saturated rings. The summed E-state index contributed by atoms with van der Waals surface area (Å²) >= 11 is 0. The average Bonchev–Trinajstić information content (AvgIpc) is 2.88. The van der Waals surface area contributed by atoms with Crippen LogP contribution >= 0.6 is 0 Å². The van der Waals surface area contributed by atoms with E-state index in [9.17, 15) is 9.59 Å². The van der Waals surface area contributed by atoms with E-state index in [0.29, 0.717) is 37.0 Å². The monoisotopic (exact) mass is 251 g/mol. The van der Waals surface area contributed by atoms with Crippen LogP contribution in [-0.2, 0) is 9.59 Å². The predicted octanol–water partition coefficient (Wildman–Crippen LogP) is 1.74. The van der Waals surface area contributed by atoms with Gasteiger partial charge in [0.05, 0.1) is 0 Å². The first kappa shape index (κ1) is 13.3. The molecule has 0 aromatic heterocycles. The molecule has 4 atom stereocenters. The molecule has 0 aromatic carbocycles. The number of ketones is 1. The highest BCUT2D eigenvalue weighted by Crippen LogP contribution is 2.48. The lowest BCUT2D eigenvalue weighted by Crippen LogP contribution is -2.36. The number of carbonyl (C=O) groups is 2. The smallest absolute Gasteiger partial charge is 0.327 e. The van der Waals surface area contributed by atoms with Gasteiger partial charge in [0.2, 0.25) is 0 Å². The maximum Gasteiger partial charge on any atom is 0.327 e. The zero-order chi connectivity index (χ0) is 13.1. The third-order valence-corrected chi connectivity index (χ3v) is 4.47. The summed E-state index contributed by atoms with van der Waals surface area (Å²) in [7, 11) is 0. The minimum atomic E-state index is -0.961. The van der Waals surface area contributed by atoms with Gasteiger partial charge in [0.1, 0.15) is 5.78 Å². The van der Waals surface area contributed by atoms with Crippen LogP contribution in [0.3, 0.4) is 0 Å². The SMILES string of the molecule is NC1C2CCC(C2)C1CC(=O)CCC=CC(=O)O. The first-order valence-corrected chi connectivity index (χ1v) is 6.74. The van der Waals surface area contributed by atoms with Crippen LogP contribution in [0.25, 0.3) is 0 Å². The van der Waals surface area contributed by atoms with Crippen molar-refractivity contribution in [1.29, 1.82) is 0 Å². The van der Waals surface area contributed by atoms with E-state index in [2.05, 4.69) is 0 Å². The second-order valence-electron chi connectivity index (χ2n) is 5.60. The van der Waals surface area contributed by atoms with E-state index in [4.69, 9.17) is 10.8 Å². The van der Waals surface area contributed by atoms with Crippen molar-refractivity contribution < 1.29 is 14.7 Å². The average molecular weight is 251 g/mol. The second kappa shape index (κ2) is 5.65. The van der Waals surface area contributed by atoms with E-state index in [1.807, 2.05) is 0 Å². The van der Waals surface area contributed by atoms with Gasteiger partial charge < -0.3 is 10.8 Å². The molecule has 2 aliphatic carbocycles. The van der Waals surface area contributed by atoms with E-state index < -0.39 is 5.97 Å². The highest BCUT2D eigenvalue weighted by atomic mass is 16.4. The second-order valence-corrected chi connectivity index (χ2v) is 5.60. The lowest BCUT2D eigenvalue weighted by Gasteiger charge is -2.27. The molecule has 4 heteroatoms. The Balaban J connectivity index is 1.73. The number of carboxylic acids is 1. The number of carbonyl (C=O) groups excluding carboxylic acids is 1. The Hall–Kier alpha value is -1.16. The Bertz CT molecular complexity index is 362. The van der Waals surface area contributed by atoms with Crippen LogP contribution in [0.4, 0.5) is 0 Å². The third-order valence-electron chi connectivity index (χ3n) is 4.47. The van der Waals surface area contributed by atoms with Crippen molar-refractivity contribution >= 4 is 11.8 Å². The number of nitrogens with two attached hydrogens (primary N) is 1. The highest BCUT2D eigenvalue weighted by molar-refractivity contribution is 5.81. The van der Waals surface area contributed by atoms with Gasteiger partial charge in [-0.25, -0.2) is 4.79 Å². The van der Waals surface area contributed by atoms with Crippen LogP contribution in [-0.4, -0.2) is 22.9 Å². The Labute approximate surface area is 107 Å². The van der Waals surface area contributed by atoms with Crippen LogP contribution in [0.15, 0.2) is 12.2 Å². The lowest BCUT2D eigenvalue weighted by atomic mass is 9.81. The largest absolute Gasteiger partial charge is 0.478 e. The van der Waals surface area contributed by atoms with Gasteiger partial charge in [-0.1, -0.05) is 6.08 Å². The zero-order valence-electron chi connectivity index (χ0n) is 10.5. The number of rotatable bonds is 6. The van der Waals surface area contributed by atoms with Crippen LogP contribution in [0.2, 0.25) is 0 Å². The number of Topliss-reactive ketones (excluding diaryl/α,β-unsaturated/α-hetero) is 1. The summed E-state index contributed by atoms with van der Waals surface area (Å²) in [5, 5.41) is 8.43. The van der Waals surface area contributed by atoms with Crippen molar-refractivity contribution in [2.75, 3.05) is 0 Å². The van der Waals surface area contributed by atoms with Gasteiger partial charge in [0.25, 0.3) is 0 Å². The van der Waals surface area contributed by atoms with Crippen LogP contribution < -0.4 is 5.73 Å². The maximum absolute atomic E-state index is 11.8. The van der Waals surface area contributed by atoms with Crippen molar-refractivity contribution in [2.45, 2.75) is 44.6 Å². The molecule has 4 unspecified atom stereocenters. The molecule has 2 rings (SSSR count). The first-order valence-electron chi connectivity index (χ1n) is 6.74. The van der Waals surface area contributed by atoms with Gasteiger partial charge in [-0.3, -0.25) is 4.79 Å². The Morgan fingerprint density at radius 2 is 2.00 bits per heavy atom. The number of fused-ring (bicyclic) bond motifs is 2. The summed E-state index contributed by atoms with van der Waals surface area (Å²) in [5.41, 5.74) is 6.16. The quantitative estimate of drug-likeness (QED) is 0.705. The molecular weight excluding hydrogens is 230 g/mol. The highest BCUT2D eigenvalue weighted by Gasteiger charge is 2.45. The zero-order valence-corrected chi connectivity index (χ0v) is 10.5. The number of carboxylic acid groups (broad SMARTS) is 1. The van der Waals surface area contributed by atoms with Crippen molar-refractivity contribution in [3.8, 4) is 0 Å².